The molecule has 1 aromatic heterocycles. The maximum atomic E-state index is 13.9. The van der Waals surface area contributed by atoms with Crippen LogP contribution in [0.15, 0.2) is 24.4 Å². The van der Waals surface area contributed by atoms with Crippen LogP contribution in [0.4, 0.5) is 8.78 Å². The molecule has 0 spiro atoms. The first-order valence-corrected chi connectivity index (χ1v) is 8.31. The van der Waals surface area contributed by atoms with Crippen LogP contribution in [-0.4, -0.2) is 41.0 Å². The summed E-state index contributed by atoms with van der Waals surface area (Å²) in [5.74, 6) is -1.09. The molecule has 24 heavy (non-hydrogen) atoms. The lowest BCUT2D eigenvalue weighted by atomic mass is 10.1. The highest BCUT2D eigenvalue weighted by Gasteiger charge is 2.38. The maximum absolute atomic E-state index is 13.9. The molecule has 2 heterocycles. The second-order valence-electron chi connectivity index (χ2n) is 6.89. The van der Waals surface area contributed by atoms with Crippen molar-refractivity contribution >= 4 is 16.8 Å². The molecule has 2 atom stereocenters. The molecule has 2 aromatic rings. The Bertz CT molecular complexity index is 806. The number of rotatable bonds is 3. The van der Waals surface area contributed by atoms with Crippen LogP contribution in [0.1, 0.15) is 30.1 Å². The number of amides is 1. The molecule has 0 bridgehead atoms. The van der Waals surface area contributed by atoms with E-state index in [1.165, 1.54) is 25.1 Å². The SMILES string of the molecule is CC1CN(C2CC2)CC1NC(=O)c1cnc2c(F)ccc(F)c2c1. The molecule has 6 heteroatoms. The number of hydrogen-bond acceptors (Lipinski definition) is 3. The van der Waals surface area contributed by atoms with Gasteiger partial charge >= 0.3 is 0 Å². The summed E-state index contributed by atoms with van der Waals surface area (Å²) >= 11 is 0. The Hall–Kier alpha value is -2.08. The first kappa shape index (κ1) is 15.4. The summed E-state index contributed by atoms with van der Waals surface area (Å²) in [6.07, 6.45) is 3.79. The Morgan fingerprint density at radius 1 is 1.25 bits per heavy atom. The van der Waals surface area contributed by atoms with Gasteiger partial charge < -0.3 is 5.32 Å². The zero-order valence-electron chi connectivity index (χ0n) is 13.4. The molecule has 1 aliphatic heterocycles. The third kappa shape index (κ3) is 2.75. The number of hydrogen-bond donors (Lipinski definition) is 1. The summed E-state index contributed by atoms with van der Waals surface area (Å²) in [6.45, 7) is 3.97. The number of fused-ring (bicyclic) bond motifs is 1. The average molecular weight is 331 g/mol. The number of carbonyl (C=O) groups excluding carboxylic acids is 1. The smallest absolute Gasteiger partial charge is 0.253 e. The number of nitrogens with one attached hydrogen (secondary N) is 1. The summed E-state index contributed by atoms with van der Waals surface area (Å²) in [6, 6.07) is 4.21. The van der Waals surface area contributed by atoms with Gasteiger partial charge in [0.2, 0.25) is 0 Å². The molecule has 1 amide bonds. The minimum atomic E-state index is -0.595. The fourth-order valence-corrected chi connectivity index (χ4v) is 3.46. The standard InChI is InChI=1S/C18H19F2N3O/c1-10-8-23(12-2-3-12)9-16(10)22-18(24)11-6-13-14(19)4-5-15(20)17(13)21-7-11/h4-7,10,12,16H,2-3,8-9H2,1H3,(H,22,24). The van der Waals surface area contributed by atoms with E-state index in [1.807, 2.05) is 0 Å². The lowest BCUT2D eigenvalue weighted by Gasteiger charge is -2.17. The van der Waals surface area contributed by atoms with Crippen LogP contribution in [-0.2, 0) is 0 Å². The van der Waals surface area contributed by atoms with E-state index in [1.54, 1.807) is 0 Å². The van der Waals surface area contributed by atoms with Crippen molar-refractivity contribution in [1.82, 2.24) is 15.2 Å². The molecular formula is C18H19F2N3O. The van der Waals surface area contributed by atoms with Gasteiger partial charge in [-0.3, -0.25) is 14.7 Å². The molecule has 1 saturated heterocycles. The zero-order chi connectivity index (χ0) is 16.8. The fraction of sp³-hybridized carbons (Fsp3) is 0.444. The molecule has 2 unspecified atom stereocenters. The highest BCUT2D eigenvalue weighted by Crippen LogP contribution is 2.31. The third-order valence-corrected chi connectivity index (χ3v) is 5.03. The van der Waals surface area contributed by atoms with Crippen LogP contribution in [0, 0.1) is 17.6 Å². The average Bonchev–Trinajstić information content (AvgIpc) is 3.36. The number of likely N-dealkylation sites (tertiary alicyclic amines) is 1. The highest BCUT2D eigenvalue weighted by atomic mass is 19.1. The number of aromatic nitrogens is 1. The Kier molecular flexibility index (Phi) is 3.72. The minimum absolute atomic E-state index is 0.0294. The van der Waals surface area contributed by atoms with E-state index in [2.05, 4.69) is 22.1 Å². The van der Waals surface area contributed by atoms with Crippen LogP contribution >= 0.6 is 0 Å². The fourth-order valence-electron chi connectivity index (χ4n) is 3.46. The molecular weight excluding hydrogens is 312 g/mol. The van der Waals surface area contributed by atoms with Crippen LogP contribution in [0.3, 0.4) is 0 Å². The van der Waals surface area contributed by atoms with Gasteiger partial charge in [0, 0.05) is 36.8 Å². The molecule has 1 aromatic carbocycles. The topological polar surface area (TPSA) is 45.2 Å². The van der Waals surface area contributed by atoms with Gasteiger partial charge in [0.15, 0.2) is 0 Å². The van der Waals surface area contributed by atoms with Crippen molar-refractivity contribution in [2.75, 3.05) is 13.1 Å². The lowest BCUT2D eigenvalue weighted by molar-refractivity contribution is 0.0931. The summed E-state index contributed by atoms with van der Waals surface area (Å²) in [5.41, 5.74) is 0.199. The Morgan fingerprint density at radius 3 is 2.75 bits per heavy atom. The van der Waals surface area contributed by atoms with E-state index in [9.17, 15) is 13.6 Å². The molecule has 4 rings (SSSR count). The second kappa shape index (κ2) is 5.77. The Balaban J connectivity index is 1.54. The monoisotopic (exact) mass is 331 g/mol. The number of nitrogens with zero attached hydrogens (tertiary/aromatic N) is 2. The van der Waals surface area contributed by atoms with Gasteiger partial charge in [-0.2, -0.15) is 0 Å². The van der Waals surface area contributed by atoms with Crippen molar-refractivity contribution in [2.24, 2.45) is 5.92 Å². The number of halogens is 2. The van der Waals surface area contributed by atoms with Crippen LogP contribution < -0.4 is 5.32 Å². The molecule has 0 radical (unpaired) electrons. The summed E-state index contributed by atoms with van der Waals surface area (Å²) in [4.78, 5) is 18.8. The van der Waals surface area contributed by atoms with E-state index in [4.69, 9.17) is 0 Å². The van der Waals surface area contributed by atoms with Gasteiger partial charge in [-0.05, 0) is 37.0 Å². The molecule has 1 saturated carbocycles. The van der Waals surface area contributed by atoms with E-state index in [0.29, 0.717) is 12.0 Å². The van der Waals surface area contributed by atoms with Crippen LogP contribution in [0.5, 0.6) is 0 Å². The van der Waals surface area contributed by atoms with Crippen molar-refractivity contribution in [2.45, 2.75) is 31.8 Å². The number of carbonyl (C=O) groups is 1. The van der Waals surface area contributed by atoms with E-state index in [-0.39, 0.29) is 28.4 Å². The van der Waals surface area contributed by atoms with Gasteiger partial charge in [0.05, 0.1) is 5.56 Å². The second-order valence-corrected chi connectivity index (χ2v) is 6.89. The Labute approximate surface area is 138 Å². The van der Waals surface area contributed by atoms with Crippen molar-refractivity contribution in [3.63, 3.8) is 0 Å². The number of pyridine rings is 1. The van der Waals surface area contributed by atoms with Gasteiger partial charge in [0.25, 0.3) is 5.91 Å². The lowest BCUT2D eigenvalue weighted by Crippen LogP contribution is -2.40. The van der Waals surface area contributed by atoms with E-state index < -0.39 is 11.6 Å². The zero-order valence-corrected chi connectivity index (χ0v) is 13.4. The van der Waals surface area contributed by atoms with Crippen molar-refractivity contribution in [1.29, 1.82) is 0 Å². The molecule has 126 valence electrons. The summed E-state index contributed by atoms with van der Waals surface area (Å²) in [7, 11) is 0. The molecule has 1 N–H and O–H groups in total. The number of benzene rings is 1. The first-order chi connectivity index (χ1) is 11.5. The van der Waals surface area contributed by atoms with Crippen molar-refractivity contribution < 1.29 is 13.6 Å². The third-order valence-electron chi connectivity index (χ3n) is 5.03. The molecule has 1 aliphatic carbocycles. The van der Waals surface area contributed by atoms with Crippen molar-refractivity contribution in [3.05, 3.63) is 41.6 Å². The van der Waals surface area contributed by atoms with Crippen molar-refractivity contribution in [3.8, 4) is 0 Å². The van der Waals surface area contributed by atoms with Gasteiger partial charge in [-0.1, -0.05) is 6.92 Å². The van der Waals surface area contributed by atoms with Gasteiger partial charge in [-0.25, -0.2) is 8.78 Å². The van der Waals surface area contributed by atoms with Crippen LogP contribution in [0.25, 0.3) is 10.9 Å². The van der Waals surface area contributed by atoms with Crippen LogP contribution in [0.2, 0.25) is 0 Å². The minimum Gasteiger partial charge on any atom is -0.348 e. The van der Waals surface area contributed by atoms with Gasteiger partial charge in [0.1, 0.15) is 17.2 Å². The maximum Gasteiger partial charge on any atom is 0.253 e. The van der Waals surface area contributed by atoms with E-state index >= 15 is 0 Å². The molecule has 2 aliphatic rings. The predicted molar refractivity (Wildman–Crippen MR) is 86.7 cm³/mol. The van der Waals surface area contributed by atoms with E-state index in [0.717, 1.165) is 25.2 Å². The highest BCUT2D eigenvalue weighted by molar-refractivity contribution is 5.97. The largest absolute Gasteiger partial charge is 0.348 e. The molecule has 4 nitrogen and oxygen atoms in total. The Morgan fingerprint density at radius 2 is 2.00 bits per heavy atom. The van der Waals surface area contributed by atoms with Gasteiger partial charge in [-0.15, -0.1) is 0 Å². The summed E-state index contributed by atoms with van der Waals surface area (Å²) in [5, 5.41) is 3.05. The predicted octanol–water partition coefficient (Wildman–Crippen LogP) is 2.73. The first-order valence-electron chi connectivity index (χ1n) is 8.31. The molecule has 2 fully saturated rings. The normalized spacial score (nSPS) is 24.5. The summed E-state index contributed by atoms with van der Waals surface area (Å²) < 4.78 is 27.5. The quantitative estimate of drug-likeness (QED) is 0.941.